The van der Waals surface area contributed by atoms with E-state index >= 15 is 0 Å². The molecule has 29 rings (SSSR count). The topological polar surface area (TPSA) is 71.3 Å². The van der Waals surface area contributed by atoms with E-state index in [9.17, 15) is 0 Å². The molecule has 630 valence electrons. The molecule has 0 unspecified atom stereocenters. The zero-order valence-corrected chi connectivity index (χ0v) is 73.6. The van der Waals surface area contributed by atoms with Gasteiger partial charge in [-0.15, -0.1) is 0 Å². The van der Waals surface area contributed by atoms with Gasteiger partial charge in [-0.2, -0.15) is 0 Å². The molecule has 0 saturated carbocycles. The summed E-state index contributed by atoms with van der Waals surface area (Å²) in [4.78, 5) is 21.7. The third-order valence-corrected chi connectivity index (χ3v) is 28.4. The summed E-state index contributed by atoms with van der Waals surface area (Å²) < 4.78 is 9.83. The van der Waals surface area contributed by atoms with Crippen LogP contribution in [0.5, 0.6) is 0 Å². The highest BCUT2D eigenvalue weighted by Gasteiger charge is 2.28. The number of hydrogen-bond acceptors (Lipinski definition) is 4. The molecule has 136 heavy (non-hydrogen) atoms. The van der Waals surface area contributed by atoms with Crippen molar-refractivity contribution in [1.82, 2.24) is 38.2 Å². The van der Waals surface area contributed by atoms with Crippen LogP contribution in [0.2, 0.25) is 0 Å². The fraction of sp³-hybridized carbons (Fsp3) is 0. The Balaban J connectivity index is 0.000000135. The fourth-order valence-corrected chi connectivity index (χ4v) is 22.5. The molecule has 0 amide bonds. The van der Waals surface area contributed by atoms with Gasteiger partial charge in [-0.1, -0.05) is 376 Å². The van der Waals surface area contributed by atoms with E-state index in [1.54, 1.807) is 0 Å². The maximum Gasteiger partial charge on any atom is 0.0978 e. The van der Waals surface area contributed by atoms with Crippen molar-refractivity contribution < 1.29 is 0 Å². The predicted octanol–water partition coefficient (Wildman–Crippen LogP) is 33.7. The lowest BCUT2D eigenvalue weighted by Crippen LogP contribution is -1.98. The maximum atomic E-state index is 5.60. The molecule has 0 fully saturated rings. The number of benzene rings is 21. The second kappa shape index (κ2) is 30.7. The minimum absolute atomic E-state index is 0.900. The zero-order valence-electron chi connectivity index (χ0n) is 73.6. The van der Waals surface area contributed by atoms with E-state index in [2.05, 4.69) is 491 Å². The summed E-state index contributed by atoms with van der Waals surface area (Å²) in [6, 6.07) is 171. The molecule has 0 bridgehead atoms. The van der Waals surface area contributed by atoms with Crippen molar-refractivity contribution in [2.45, 2.75) is 0 Å². The third-order valence-electron chi connectivity index (χ3n) is 28.4. The van der Waals surface area contributed by atoms with Gasteiger partial charge in [0.1, 0.15) is 0 Å². The molecule has 0 aliphatic heterocycles. The third kappa shape index (κ3) is 11.8. The number of aromatic nitrogens is 8. The number of rotatable bonds is 10. The summed E-state index contributed by atoms with van der Waals surface area (Å²) in [5.41, 5.74) is 33.1. The van der Waals surface area contributed by atoms with Crippen molar-refractivity contribution in [3.8, 4) is 89.8 Å². The van der Waals surface area contributed by atoms with Crippen LogP contribution in [0.4, 0.5) is 0 Å². The van der Waals surface area contributed by atoms with Gasteiger partial charge in [-0.25, -0.2) is 19.9 Å². The van der Waals surface area contributed by atoms with Crippen LogP contribution >= 0.6 is 0 Å². The number of hydrogen-bond donors (Lipinski definition) is 0. The highest BCUT2D eigenvalue weighted by molar-refractivity contribution is 6.28. The van der Waals surface area contributed by atoms with E-state index in [0.717, 1.165) is 138 Å². The monoisotopic (exact) mass is 1730 g/mol. The minimum atomic E-state index is 0.900. The maximum absolute atomic E-state index is 5.60. The Hall–Kier alpha value is -18.2. The SMILES string of the molecule is c1ccc(-c2c3ccccc3nc3c2ccc2ccc(-c4c5ccccc5c(-c5ccc(-n6c7ccccc7c7ccc8c9ccccc9n(-c9ccccc9)c8c76)cc5)c5ccccc45)nc23)cc1.c1ccc(-c2c3ccccc3nc3c2ccc2ccc(-c4ccc(-c5ccc(-n6c7ccccc7c7ccc8c9ccccc9n(-c9ccccc9)c8c76)cc5)c5ccccc45)nc23)cc1. The summed E-state index contributed by atoms with van der Waals surface area (Å²) >= 11 is 0. The summed E-state index contributed by atoms with van der Waals surface area (Å²) in [6.45, 7) is 0. The number of nitrogens with zero attached hydrogens (tertiary/aromatic N) is 8. The fourth-order valence-electron chi connectivity index (χ4n) is 22.5. The average molecular weight is 1730 g/mol. The van der Waals surface area contributed by atoms with E-state index in [1.165, 1.54) is 137 Å². The van der Waals surface area contributed by atoms with Gasteiger partial charge in [-0.05, 0) is 163 Å². The molecule has 0 atom stereocenters. The van der Waals surface area contributed by atoms with E-state index in [1.807, 2.05) is 0 Å². The molecule has 8 heteroatoms. The Bertz CT molecular complexity index is 9980. The Morgan fingerprint density at radius 1 is 0.140 bits per heavy atom. The van der Waals surface area contributed by atoms with Crippen LogP contribution in [-0.2, 0) is 0 Å². The second-order valence-corrected chi connectivity index (χ2v) is 35.6. The number of fused-ring (bicyclic) bond motifs is 25. The molecule has 0 radical (unpaired) electrons. The summed E-state index contributed by atoms with van der Waals surface area (Å²) in [6.07, 6.45) is 0. The molecule has 8 heterocycles. The van der Waals surface area contributed by atoms with Crippen molar-refractivity contribution in [3.63, 3.8) is 0 Å². The summed E-state index contributed by atoms with van der Waals surface area (Å²) in [7, 11) is 0. The predicted molar refractivity (Wildman–Crippen MR) is 572 cm³/mol. The highest BCUT2D eigenvalue weighted by Crippen LogP contribution is 2.50. The van der Waals surface area contributed by atoms with Crippen molar-refractivity contribution in [1.29, 1.82) is 0 Å². The van der Waals surface area contributed by atoms with Crippen LogP contribution in [0.25, 0.3) is 275 Å². The van der Waals surface area contributed by atoms with Crippen molar-refractivity contribution in [2.75, 3.05) is 0 Å². The molecule has 0 N–H and O–H groups in total. The second-order valence-electron chi connectivity index (χ2n) is 35.6. The average Bonchev–Trinajstić information content (AvgIpc) is 1.51. The summed E-state index contributed by atoms with van der Waals surface area (Å²) in [5.74, 6) is 0. The van der Waals surface area contributed by atoms with E-state index in [0.29, 0.717) is 0 Å². The van der Waals surface area contributed by atoms with Crippen molar-refractivity contribution in [2.24, 2.45) is 0 Å². The molecular formula is C128H78N8. The molecule has 8 nitrogen and oxygen atoms in total. The standard InChI is InChI=1S/C66H40N4.C62H38N4/c1-3-17-41(18-4-1)61-54-27-11-14-28-56(54)67-64-55(61)37-33-43-34-40-57(68-63(43)64)62-50-25-9-7-23-48(50)60(49-24-8-10-26-51(49)62)42-31-35-45(36-32-42)70-59-30-16-13-22-47(59)53-39-38-52-46-21-12-15-29-58(46)69(65(52)66(53)70)44-19-5-2-6-20-44;1-3-15-40(16-4-1)58-52-23-9-12-24-54(52)64-60-53(58)33-29-41-30-38-55(63-59(41)60)47-35-34-44(45-19-7-8-20-46(45)47)39-27-31-43(32-28-39)66-57-26-14-11-22-49(57)51-37-36-50-48-21-10-13-25-56(48)65(61(50)62(51)66)42-17-5-2-6-18-42/h1-40H;1-38H. The van der Waals surface area contributed by atoms with Gasteiger partial charge < -0.3 is 18.3 Å². The smallest absolute Gasteiger partial charge is 0.0978 e. The highest BCUT2D eigenvalue weighted by atomic mass is 15.1. The zero-order chi connectivity index (χ0) is 89.2. The van der Waals surface area contributed by atoms with E-state index in [-0.39, 0.29) is 0 Å². The molecule has 0 saturated heterocycles. The van der Waals surface area contributed by atoms with Gasteiger partial charge >= 0.3 is 0 Å². The molecular weight excluding hydrogens is 1650 g/mol. The number of pyridine rings is 4. The Morgan fingerprint density at radius 2 is 0.412 bits per heavy atom. The first-order valence-corrected chi connectivity index (χ1v) is 46.6. The van der Waals surface area contributed by atoms with Gasteiger partial charge in [0.05, 0.1) is 88.6 Å². The molecule has 21 aromatic carbocycles. The van der Waals surface area contributed by atoms with Gasteiger partial charge in [-0.3, -0.25) is 0 Å². The van der Waals surface area contributed by atoms with Crippen LogP contribution in [-0.4, -0.2) is 38.2 Å². The summed E-state index contributed by atoms with van der Waals surface area (Å²) in [5, 5.41) is 23.5. The van der Waals surface area contributed by atoms with E-state index < -0.39 is 0 Å². The first-order chi connectivity index (χ1) is 67.5. The van der Waals surface area contributed by atoms with Gasteiger partial charge in [0.25, 0.3) is 0 Å². The first-order valence-electron chi connectivity index (χ1n) is 46.6. The van der Waals surface area contributed by atoms with Crippen molar-refractivity contribution in [3.05, 3.63) is 473 Å². The normalized spacial score (nSPS) is 12.0. The molecule has 0 spiro atoms. The Kier molecular flexibility index (Phi) is 17.3. The van der Waals surface area contributed by atoms with Crippen molar-refractivity contribution >= 4 is 185 Å². The molecule has 29 aromatic rings. The lowest BCUT2D eigenvalue weighted by Gasteiger charge is -2.18. The Labute approximate surface area is 780 Å². The lowest BCUT2D eigenvalue weighted by molar-refractivity contribution is 1.15. The Morgan fingerprint density at radius 3 is 0.816 bits per heavy atom. The van der Waals surface area contributed by atoms with Gasteiger partial charge in [0, 0.05) is 120 Å². The minimum Gasteiger partial charge on any atom is -0.307 e. The van der Waals surface area contributed by atoms with Gasteiger partial charge in [0.15, 0.2) is 0 Å². The quantitative estimate of drug-likeness (QED) is 0.101. The van der Waals surface area contributed by atoms with Crippen LogP contribution < -0.4 is 0 Å². The number of para-hydroxylation sites is 8. The lowest BCUT2D eigenvalue weighted by atomic mass is 9.87. The largest absolute Gasteiger partial charge is 0.307 e. The first kappa shape index (κ1) is 76.6. The molecule has 0 aliphatic rings. The van der Waals surface area contributed by atoms with Gasteiger partial charge in [0.2, 0.25) is 0 Å². The van der Waals surface area contributed by atoms with Crippen LogP contribution in [0.1, 0.15) is 0 Å². The van der Waals surface area contributed by atoms with Crippen LogP contribution in [0, 0.1) is 0 Å². The van der Waals surface area contributed by atoms with Crippen LogP contribution in [0.3, 0.4) is 0 Å². The molecule has 0 aliphatic carbocycles. The van der Waals surface area contributed by atoms with E-state index in [4.69, 9.17) is 19.9 Å². The van der Waals surface area contributed by atoms with Crippen LogP contribution in [0.15, 0.2) is 473 Å². The molecule has 8 aromatic heterocycles.